The Kier molecular flexibility index (Phi) is 4.98. The van der Waals surface area contributed by atoms with Crippen LogP contribution in [0.1, 0.15) is 6.92 Å². The van der Waals surface area contributed by atoms with Crippen LogP contribution in [0.4, 0.5) is 0 Å². The van der Waals surface area contributed by atoms with E-state index >= 15 is 0 Å². The Balaban J connectivity index is 3.75. The first kappa shape index (κ1) is 9.46. The lowest BCUT2D eigenvalue weighted by atomic mass is 10.5. The molecular formula is C6H9ClO3. The van der Waals surface area contributed by atoms with Crippen molar-refractivity contribution >= 4 is 17.6 Å². The Morgan fingerprint density at radius 2 is 2.40 bits per heavy atom. The molecule has 0 saturated heterocycles. The van der Waals surface area contributed by atoms with Crippen LogP contribution in [0.5, 0.6) is 0 Å². The fourth-order valence-corrected chi connectivity index (χ4v) is 0.447. The Morgan fingerprint density at radius 1 is 1.80 bits per heavy atom. The van der Waals surface area contributed by atoms with Crippen LogP contribution in [0, 0.1) is 0 Å². The second kappa shape index (κ2) is 5.26. The van der Waals surface area contributed by atoms with E-state index in [4.69, 9.17) is 16.7 Å². The number of hydrogen-bond donors (Lipinski definition) is 1. The maximum absolute atomic E-state index is 10.5. The second-order valence-corrected chi connectivity index (χ2v) is 1.99. The molecule has 0 aliphatic carbocycles. The number of hydrogen-bond acceptors (Lipinski definition) is 3. The maximum atomic E-state index is 10.5. The van der Waals surface area contributed by atoms with Crippen LogP contribution < -0.4 is 0 Å². The zero-order chi connectivity index (χ0) is 7.98. The first-order valence-electron chi connectivity index (χ1n) is 2.84. The van der Waals surface area contributed by atoms with Crippen LogP contribution in [0.2, 0.25) is 0 Å². The fourth-order valence-electron chi connectivity index (χ4n) is 0.357. The van der Waals surface area contributed by atoms with Crippen molar-refractivity contribution in [3.8, 4) is 0 Å². The number of carbonyl (C=O) groups is 1. The first-order chi connectivity index (χ1) is 4.70. The van der Waals surface area contributed by atoms with Crippen LogP contribution in [0.3, 0.4) is 0 Å². The molecule has 0 fully saturated rings. The summed E-state index contributed by atoms with van der Waals surface area (Å²) in [7, 11) is 0. The summed E-state index contributed by atoms with van der Waals surface area (Å²) in [5.41, 5.74) is 0. The standard InChI is InChI=1S/C6H9ClO3/c1-2-10-6(9)3-5(7)4-8/h3,8H,2,4H2,1H3/b5-3+. The van der Waals surface area contributed by atoms with Crippen LogP contribution in [-0.2, 0) is 9.53 Å². The van der Waals surface area contributed by atoms with Gasteiger partial charge in [0, 0.05) is 6.08 Å². The molecule has 0 atom stereocenters. The number of carbonyl (C=O) groups excluding carboxylic acids is 1. The van der Waals surface area contributed by atoms with Gasteiger partial charge >= 0.3 is 5.97 Å². The van der Waals surface area contributed by atoms with Crippen molar-refractivity contribution in [2.45, 2.75) is 6.92 Å². The summed E-state index contributed by atoms with van der Waals surface area (Å²) < 4.78 is 4.50. The van der Waals surface area contributed by atoms with Gasteiger partial charge in [-0.2, -0.15) is 0 Å². The molecule has 1 N–H and O–H groups in total. The lowest BCUT2D eigenvalue weighted by Crippen LogP contribution is -2.00. The minimum Gasteiger partial charge on any atom is -0.463 e. The summed E-state index contributed by atoms with van der Waals surface area (Å²) in [4.78, 5) is 10.5. The molecule has 0 spiro atoms. The highest BCUT2D eigenvalue weighted by molar-refractivity contribution is 6.31. The molecule has 0 heterocycles. The van der Waals surface area contributed by atoms with Gasteiger partial charge in [0.05, 0.1) is 18.2 Å². The third-order valence-corrected chi connectivity index (χ3v) is 0.941. The fraction of sp³-hybridized carbons (Fsp3) is 0.500. The third kappa shape index (κ3) is 4.35. The van der Waals surface area contributed by atoms with E-state index in [2.05, 4.69) is 4.74 Å². The third-order valence-electron chi connectivity index (χ3n) is 0.712. The van der Waals surface area contributed by atoms with E-state index in [0.29, 0.717) is 6.61 Å². The van der Waals surface area contributed by atoms with Gasteiger partial charge in [-0.3, -0.25) is 0 Å². The highest BCUT2D eigenvalue weighted by Crippen LogP contribution is 1.98. The smallest absolute Gasteiger partial charge is 0.331 e. The van der Waals surface area contributed by atoms with Gasteiger partial charge in [-0.15, -0.1) is 0 Å². The topological polar surface area (TPSA) is 46.5 Å². The van der Waals surface area contributed by atoms with Crippen molar-refractivity contribution in [3.63, 3.8) is 0 Å². The molecule has 0 amide bonds. The lowest BCUT2D eigenvalue weighted by Gasteiger charge is -1.94. The van der Waals surface area contributed by atoms with Gasteiger partial charge in [-0.05, 0) is 6.92 Å². The van der Waals surface area contributed by atoms with E-state index in [1.165, 1.54) is 0 Å². The quantitative estimate of drug-likeness (QED) is 0.493. The van der Waals surface area contributed by atoms with Gasteiger partial charge in [0.1, 0.15) is 0 Å². The van der Waals surface area contributed by atoms with Crippen LogP contribution in [0.25, 0.3) is 0 Å². The van der Waals surface area contributed by atoms with Crippen molar-refractivity contribution in [1.29, 1.82) is 0 Å². The second-order valence-electron chi connectivity index (χ2n) is 1.50. The minimum absolute atomic E-state index is 0.0819. The Morgan fingerprint density at radius 3 is 2.80 bits per heavy atom. The summed E-state index contributed by atoms with van der Waals surface area (Å²) in [5.74, 6) is -0.526. The predicted molar refractivity (Wildman–Crippen MR) is 37.7 cm³/mol. The average Bonchev–Trinajstić information content (AvgIpc) is 1.88. The largest absolute Gasteiger partial charge is 0.463 e. The normalized spacial score (nSPS) is 11.3. The summed E-state index contributed by atoms with van der Waals surface area (Å²) in [6, 6.07) is 0. The van der Waals surface area contributed by atoms with Crippen LogP contribution in [0.15, 0.2) is 11.1 Å². The van der Waals surface area contributed by atoms with Gasteiger partial charge < -0.3 is 9.84 Å². The molecule has 3 nitrogen and oxygen atoms in total. The molecule has 0 saturated carbocycles. The molecule has 0 aliphatic rings. The number of ether oxygens (including phenoxy) is 1. The van der Waals surface area contributed by atoms with E-state index in [9.17, 15) is 4.79 Å². The Bertz CT molecular complexity index is 142. The molecule has 0 aromatic carbocycles. The molecule has 0 aromatic heterocycles. The average molecular weight is 165 g/mol. The molecule has 0 rings (SSSR count). The minimum atomic E-state index is -0.526. The highest BCUT2D eigenvalue weighted by atomic mass is 35.5. The van der Waals surface area contributed by atoms with Crippen molar-refractivity contribution < 1.29 is 14.6 Å². The van der Waals surface area contributed by atoms with Crippen LogP contribution >= 0.6 is 11.6 Å². The van der Waals surface area contributed by atoms with Crippen molar-refractivity contribution in [3.05, 3.63) is 11.1 Å². The number of aliphatic hydroxyl groups is 1. The number of aliphatic hydroxyl groups excluding tert-OH is 1. The molecule has 0 radical (unpaired) electrons. The Labute approximate surface area is 64.2 Å². The maximum Gasteiger partial charge on any atom is 0.331 e. The zero-order valence-electron chi connectivity index (χ0n) is 5.63. The SMILES string of the molecule is CCOC(=O)/C=C(/Cl)CO. The molecule has 4 heteroatoms. The Hall–Kier alpha value is -0.540. The zero-order valence-corrected chi connectivity index (χ0v) is 6.39. The molecule has 0 aliphatic heterocycles. The van der Waals surface area contributed by atoms with Gasteiger partial charge in [-0.1, -0.05) is 11.6 Å². The summed E-state index contributed by atoms with van der Waals surface area (Å²) >= 11 is 5.31. The van der Waals surface area contributed by atoms with Crippen molar-refractivity contribution in [1.82, 2.24) is 0 Å². The molecule has 0 aromatic rings. The predicted octanol–water partition coefficient (Wildman–Crippen LogP) is 0.665. The molecule has 0 bridgehead atoms. The summed E-state index contributed by atoms with van der Waals surface area (Å²) in [5, 5.41) is 8.43. The lowest BCUT2D eigenvalue weighted by molar-refractivity contribution is -0.137. The number of esters is 1. The molecule has 10 heavy (non-hydrogen) atoms. The summed E-state index contributed by atoms with van der Waals surface area (Å²) in [6.07, 6.45) is 1.05. The summed E-state index contributed by atoms with van der Waals surface area (Å²) in [6.45, 7) is 1.67. The van der Waals surface area contributed by atoms with Gasteiger partial charge in [0.15, 0.2) is 0 Å². The van der Waals surface area contributed by atoms with Crippen LogP contribution in [-0.4, -0.2) is 24.3 Å². The molecular weight excluding hydrogens is 156 g/mol. The van der Waals surface area contributed by atoms with E-state index in [1.807, 2.05) is 0 Å². The van der Waals surface area contributed by atoms with E-state index in [0.717, 1.165) is 6.08 Å². The van der Waals surface area contributed by atoms with Crippen molar-refractivity contribution in [2.24, 2.45) is 0 Å². The highest BCUT2D eigenvalue weighted by Gasteiger charge is 1.96. The number of halogens is 1. The van der Waals surface area contributed by atoms with Gasteiger partial charge in [0.2, 0.25) is 0 Å². The monoisotopic (exact) mass is 164 g/mol. The van der Waals surface area contributed by atoms with Gasteiger partial charge in [-0.25, -0.2) is 4.79 Å². The molecule has 58 valence electrons. The first-order valence-corrected chi connectivity index (χ1v) is 3.22. The number of rotatable bonds is 3. The van der Waals surface area contributed by atoms with E-state index in [-0.39, 0.29) is 11.6 Å². The van der Waals surface area contributed by atoms with E-state index < -0.39 is 5.97 Å². The van der Waals surface area contributed by atoms with Gasteiger partial charge in [0.25, 0.3) is 0 Å². The molecule has 0 unspecified atom stereocenters. The van der Waals surface area contributed by atoms with Crippen molar-refractivity contribution in [2.75, 3.05) is 13.2 Å². The van der Waals surface area contributed by atoms with E-state index in [1.54, 1.807) is 6.92 Å².